The number of cyclic esters (lactones) is 1. The quantitative estimate of drug-likeness (QED) is 0.518. The Hall–Kier alpha value is -1.91. The molecular weight excluding hydrogens is 392 g/mol. The van der Waals surface area contributed by atoms with Crippen molar-refractivity contribution in [3.8, 4) is 0 Å². The molecule has 0 N–H and O–H groups in total. The molecule has 2 aromatic carbocycles. The lowest BCUT2D eigenvalue weighted by atomic mass is 9.87. The minimum atomic E-state index is -0.948. The maximum atomic E-state index is 12.8. The molecule has 0 radical (unpaired) electrons. The molecule has 0 bridgehead atoms. The normalized spacial score (nSPS) is 17.9. The molecular formula is C19H14BrClO3. The number of esters is 1. The summed E-state index contributed by atoms with van der Waals surface area (Å²) in [5.41, 5.74) is 2.73. The van der Waals surface area contributed by atoms with Crippen molar-refractivity contribution >= 4 is 45.0 Å². The highest BCUT2D eigenvalue weighted by atomic mass is 79.9. The SMILES string of the molecule is CC1=C(c2ccc(Cl)cc2)OC(=O)C(c2ccc(C)cc2Br)C1=O. The van der Waals surface area contributed by atoms with Gasteiger partial charge in [-0.25, -0.2) is 0 Å². The van der Waals surface area contributed by atoms with Crippen molar-refractivity contribution in [3.05, 3.63) is 74.2 Å². The molecule has 24 heavy (non-hydrogen) atoms. The number of ketones is 1. The van der Waals surface area contributed by atoms with Crippen molar-refractivity contribution in [1.82, 2.24) is 0 Å². The number of carbonyl (C=O) groups excluding carboxylic acids is 2. The van der Waals surface area contributed by atoms with Crippen LogP contribution in [0.4, 0.5) is 0 Å². The van der Waals surface area contributed by atoms with E-state index in [0.29, 0.717) is 27.5 Å². The van der Waals surface area contributed by atoms with E-state index in [9.17, 15) is 9.59 Å². The summed E-state index contributed by atoms with van der Waals surface area (Å²) in [6.45, 7) is 3.62. The number of allylic oxidation sites excluding steroid dienone is 1. The highest BCUT2D eigenvalue weighted by molar-refractivity contribution is 9.10. The van der Waals surface area contributed by atoms with Gasteiger partial charge < -0.3 is 4.74 Å². The van der Waals surface area contributed by atoms with Crippen LogP contribution < -0.4 is 0 Å². The molecule has 0 fully saturated rings. The highest BCUT2D eigenvalue weighted by Crippen LogP contribution is 2.36. The van der Waals surface area contributed by atoms with Crippen LogP contribution in [0, 0.1) is 6.92 Å². The van der Waals surface area contributed by atoms with Crippen LogP contribution in [0.25, 0.3) is 5.76 Å². The van der Waals surface area contributed by atoms with Gasteiger partial charge in [0, 0.05) is 20.6 Å². The number of hydrogen-bond acceptors (Lipinski definition) is 3. The zero-order valence-corrected chi connectivity index (χ0v) is 15.4. The van der Waals surface area contributed by atoms with Gasteiger partial charge in [-0.15, -0.1) is 0 Å². The zero-order chi connectivity index (χ0) is 17.4. The lowest BCUT2D eigenvalue weighted by Gasteiger charge is -2.24. The fraction of sp³-hybridized carbons (Fsp3) is 0.158. The lowest BCUT2D eigenvalue weighted by Crippen LogP contribution is -2.30. The van der Waals surface area contributed by atoms with Crippen LogP contribution in [-0.4, -0.2) is 11.8 Å². The summed E-state index contributed by atoms with van der Waals surface area (Å²) < 4.78 is 6.23. The molecule has 0 aliphatic carbocycles. The van der Waals surface area contributed by atoms with Gasteiger partial charge in [-0.1, -0.05) is 39.7 Å². The first-order valence-electron chi connectivity index (χ1n) is 7.37. The van der Waals surface area contributed by atoms with Crippen molar-refractivity contribution in [3.63, 3.8) is 0 Å². The molecule has 0 aromatic heterocycles. The molecule has 0 spiro atoms. The second-order valence-corrected chi connectivity index (χ2v) is 7.00. The van der Waals surface area contributed by atoms with E-state index in [1.807, 2.05) is 19.1 Å². The smallest absolute Gasteiger partial charge is 0.326 e. The van der Waals surface area contributed by atoms with Gasteiger partial charge in [0.05, 0.1) is 0 Å². The second-order valence-electron chi connectivity index (χ2n) is 5.70. The molecule has 0 saturated carbocycles. The van der Waals surface area contributed by atoms with Gasteiger partial charge in [0.2, 0.25) is 0 Å². The summed E-state index contributed by atoms with van der Waals surface area (Å²) in [5.74, 6) is -1.47. The lowest BCUT2D eigenvalue weighted by molar-refractivity contribution is -0.143. The van der Waals surface area contributed by atoms with E-state index in [1.165, 1.54) is 0 Å². The first kappa shape index (κ1) is 16.9. The van der Waals surface area contributed by atoms with Gasteiger partial charge >= 0.3 is 5.97 Å². The van der Waals surface area contributed by atoms with E-state index in [1.54, 1.807) is 37.3 Å². The van der Waals surface area contributed by atoms with Crippen LogP contribution in [0.15, 0.2) is 52.5 Å². The van der Waals surface area contributed by atoms with Crippen LogP contribution >= 0.6 is 27.5 Å². The molecule has 3 rings (SSSR count). The topological polar surface area (TPSA) is 43.4 Å². The van der Waals surface area contributed by atoms with Crippen LogP contribution in [-0.2, 0) is 14.3 Å². The summed E-state index contributed by atoms with van der Waals surface area (Å²) in [5, 5.41) is 0.576. The highest BCUT2D eigenvalue weighted by Gasteiger charge is 2.38. The fourth-order valence-electron chi connectivity index (χ4n) is 2.68. The third-order valence-electron chi connectivity index (χ3n) is 3.98. The third kappa shape index (κ3) is 3.04. The summed E-state index contributed by atoms with van der Waals surface area (Å²) in [6, 6.07) is 12.4. The van der Waals surface area contributed by atoms with Crippen molar-refractivity contribution in [2.75, 3.05) is 0 Å². The Labute approximate surface area is 153 Å². The Balaban J connectivity index is 2.04. The van der Waals surface area contributed by atoms with Crippen molar-refractivity contribution in [1.29, 1.82) is 0 Å². The molecule has 1 heterocycles. The maximum Gasteiger partial charge on any atom is 0.326 e. The Bertz CT molecular complexity index is 869. The minimum absolute atomic E-state index is 0.249. The standard InChI is InChI=1S/C19H14BrClO3/c1-10-3-8-14(15(20)9-10)16-17(22)11(2)18(24-19(16)23)12-4-6-13(21)7-5-12/h3-9,16H,1-2H3. The van der Waals surface area contributed by atoms with Crippen LogP contribution in [0.2, 0.25) is 5.02 Å². The van der Waals surface area contributed by atoms with Gasteiger partial charge in [0.1, 0.15) is 11.7 Å². The average molecular weight is 406 g/mol. The number of carbonyl (C=O) groups is 2. The first-order valence-corrected chi connectivity index (χ1v) is 8.54. The number of aryl methyl sites for hydroxylation is 1. The molecule has 1 aliphatic heterocycles. The minimum Gasteiger partial charge on any atom is -0.425 e. The predicted molar refractivity (Wildman–Crippen MR) is 96.8 cm³/mol. The van der Waals surface area contributed by atoms with Gasteiger partial charge in [-0.05, 0) is 55.3 Å². The van der Waals surface area contributed by atoms with E-state index in [-0.39, 0.29) is 5.78 Å². The van der Waals surface area contributed by atoms with Gasteiger partial charge in [-0.2, -0.15) is 0 Å². The molecule has 5 heteroatoms. The van der Waals surface area contributed by atoms with Crippen LogP contribution in [0.5, 0.6) is 0 Å². The molecule has 122 valence electrons. The van der Waals surface area contributed by atoms with E-state index in [4.69, 9.17) is 16.3 Å². The van der Waals surface area contributed by atoms with Crippen LogP contribution in [0.3, 0.4) is 0 Å². The van der Waals surface area contributed by atoms with Crippen molar-refractivity contribution in [2.45, 2.75) is 19.8 Å². The van der Waals surface area contributed by atoms with Gasteiger partial charge in [-0.3, -0.25) is 9.59 Å². The Morgan fingerprint density at radius 2 is 1.71 bits per heavy atom. The maximum absolute atomic E-state index is 12.8. The Kier molecular flexibility index (Phi) is 4.61. The average Bonchev–Trinajstić information content (AvgIpc) is 2.54. The molecule has 2 aromatic rings. The number of Topliss-reactive ketones (excluding diaryl/α,β-unsaturated/α-hetero) is 1. The predicted octanol–water partition coefficient (Wildman–Crippen LogP) is 5.05. The zero-order valence-electron chi connectivity index (χ0n) is 13.1. The number of halogens is 2. The fourth-order valence-corrected chi connectivity index (χ4v) is 3.53. The summed E-state index contributed by atoms with van der Waals surface area (Å²) >= 11 is 9.32. The van der Waals surface area contributed by atoms with Crippen molar-refractivity contribution < 1.29 is 14.3 Å². The molecule has 0 amide bonds. The number of ether oxygens (including phenoxy) is 1. The Morgan fingerprint density at radius 1 is 1.04 bits per heavy atom. The number of hydrogen-bond donors (Lipinski definition) is 0. The second kappa shape index (κ2) is 6.54. The van der Waals surface area contributed by atoms with E-state index < -0.39 is 11.9 Å². The monoisotopic (exact) mass is 404 g/mol. The number of rotatable bonds is 2. The first-order chi connectivity index (χ1) is 11.4. The summed E-state index contributed by atoms with van der Waals surface area (Å²) in [6.07, 6.45) is 0. The molecule has 1 unspecified atom stereocenters. The van der Waals surface area contributed by atoms with E-state index in [2.05, 4.69) is 15.9 Å². The van der Waals surface area contributed by atoms with E-state index >= 15 is 0 Å². The third-order valence-corrected chi connectivity index (χ3v) is 4.92. The number of benzene rings is 2. The summed E-state index contributed by atoms with van der Waals surface area (Å²) in [4.78, 5) is 25.3. The molecule has 3 nitrogen and oxygen atoms in total. The van der Waals surface area contributed by atoms with Gasteiger partial charge in [0.25, 0.3) is 0 Å². The summed E-state index contributed by atoms with van der Waals surface area (Å²) in [7, 11) is 0. The molecule has 0 saturated heterocycles. The molecule has 1 atom stereocenters. The van der Waals surface area contributed by atoms with Crippen molar-refractivity contribution in [2.24, 2.45) is 0 Å². The van der Waals surface area contributed by atoms with E-state index in [0.717, 1.165) is 10.0 Å². The van der Waals surface area contributed by atoms with Gasteiger partial charge in [0.15, 0.2) is 5.78 Å². The molecule has 1 aliphatic rings. The Morgan fingerprint density at radius 3 is 2.33 bits per heavy atom. The largest absolute Gasteiger partial charge is 0.425 e. The van der Waals surface area contributed by atoms with Crippen LogP contribution in [0.1, 0.15) is 29.5 Å².